The Hall–Kier alpha value is -0.780. The molecule has 1 aliphatic heterocycles. The molecule has 1 heterocycles. The van der Waals surface area contributed by atoms with Crippen LogP contribution < -0.4 is 5.32 Å². The SMILES string of the molecule is CC(C)(C)OC(=O)C1CC(C(F)(F)F)CN1. The zero-order chi connectivity index (χ0) is 12.6. The fourth-order valence-corrected chi connectivity index (χ4v) is 1.54. The first-order chi connectivity index (χ1) is 7.09. The molecule has 0 radical (unpaired) electrons. The maximum Gasteiger partial charge on any atom is 0.393 e. The summed E-state index contributed by atoms with van der Waals surface area (Å²) in [5, 5.41) is 2.54. The fraction of sp³-hybridized carbons (Fsp3) is 0.900. The number of carbonyl (C=O) groups is 1. The summed E-state index contributed by atoms with van der Waals surface area (Å²) in [6.07, 6.45) is -4.48. The van der Waals surface area contributed by atoms with Crippen LogP contribution in [0.15, 0.2) is 0 Å². The largest absolute Gasteiger partial charge is 0.459 e. The van der Waals surface area contributed by atoms with Crippen LogP contribution in [0.5, 0.6) is 0 Å². The third-order valence-corrected chi connectivity index (χ3v) is 2.29. The first-order valence-corrected chi connectivity index (χ1v) is 5.12. The molecule has 0 aromatic heterocycles. The van der Waals surface area contributed by atoms with Gasteiger partial charge in [-0.3, -0.25) is 4.79 Å². The van der Waals surface area contributed by atoms with Crippen molar-refractivity contribution in [2.24, 2.45) is 5.92 Å². The van der Waals surface area contributed by atoms with E-state index in [-0.39, 0.29) is 13.0 Å². The molecule has 1 fully saturated rings. The van der Waals surface area contributed by atoms with E-state index in [9.17, 15) is 18.0 Å². The minimum absolute atomic E-state index is 0.215. The van der Waals surface area contributed by atoms with Crippen LogP contribution in [-0.4, -0.2) is 30.3 Å². The molecular weight excluding hydrogens is 223 g/mol. The summed E-state index contributed by atoms with van der Waals surface area (Å²) < 4.78 is 42.0. The number of halogens is 3. The van der Waals surface area contributed by atoms with E-state index in [0.717, 1.165) is 0 Å². The van der Waals surface area contributed by atoms with Gasteiger partial charge in [0.15, 0.2) is 0 Å². The van der Waals surface area contributed by atoms with Crippen LogP contribution in [-0.2, 0) is 9.53 Å². The maximum absolute atomic E-state index is 12.3. The summed E-state index contributed by atoms with van der Waals surface area (Å²) >= 11 is 0. The highest BCUT2D eigenvalue weighted by Gasteiger charge is 2.46. The van der Waals surface area contributed by atoms with Gasteiger partial charge in [0.2, 0.25) is 0 Å². The van der Waals surface area contributed by atoms with Crippen LogP contribution >= 0.6 is 0 Å². The molecule has 94 valence electrons. The van der Waals surface area contributed by atoms with Crippen molar-refractivity contribution < 1.29 is 22.7 Å². The van der Waals surface area contributed by atoms with E-state index in [1.807, 2.05) is 0 Å². The van der Waals surface area contributed by atoms with Crippen molar-refractivity contribution in [3.05, 3.63) is 0 Å². The predicted molar refractivity (Wildman–Crippen MR) is 51.8 cm³/mol. The van der Waals surface area contributed by atoms with Crippen molar-refractivity contribution in [2.45, 2.75) is 45.0 Å². The van der Waals surface area contributed by atoms with E-state index in [1.165, 1.54) is 0 Å². The van der Waals surface area contributed by atoms with Crippen molar-refractivity contribution >= 4 is 5.97 Å². The smallest absolute Gasteiger partial charge is 0.393 e. The second-order valence-electron chi connectivity index (χ2n) is 4.97. The van der Waals surface area contributed by atoms with E-state index in [4.69, 9.17) is 4.74 Å². The summed E-state index contributed by atoms with van der Waals surface area (Å²) in [7, 11) is 0. The van der Waals surface area contributed by atoms with Gasteiger partial charge in [-0.05, 0) is 27.2 Å². The van der Waals surface area contributed by atoms with Crippen LogP contribution in [0.1, 0.15) is 27.2 Å². The van der Waals surface area contributed by atoms with Crippen LogP contribution in [0.2, 0.25) is 0 Å². The van der Waals surface area contributed by atoms with Crippen molar-refractivity contribution in [2.75, 3.05) is 6.54 Å². The molecule has 1 saturated heterocycles. The second-order valence-corrected chi connectivity index (χ2v) is 4.97. The van der Waals surface area contributed by atoms with Crippen molar-refractivity contribution in [3.8, 4) is 0 Å². The molecule has 16 heavy (non-hydrogen) atoms. The monoisotopic (exact) mass is 239 g/mol. The summed E-state index contributed by atoms with van der Waals surface area (Å²) in [6, 6.07) is -0.842. The van der Waals surface area contributed by atoms with Gasteiger partial charge < -0.3 is 10.1 Å². The Morgan fingerprint density at radius 2 is 1.88 bits per heavy atom. The molecule has 0 aromatic carbocycles. The quantitative estimate of drug-likeness (QED) is 0.710. The minimum atomic E-state index is -4.25. The van der Waals surface area contributed by atoms with E-state index in [2.05, 4.69) is 5.32 Å². The zero-order valence-corrected chi connectivity index (χ0v) is 9.52. The van der Waals surface area contributed by atoms with Crippen LogP contribution in [0, 0.1) is 5.92 Å². The topological polar surface area (TPSA) is 38.3 Å². The van der Waals surface area contributed by atoms with Crippen molar-refractivity contribution in [1.82, 2.24) is 5.32 Å². The molecule has 1 rings (SSSR count). The van der Waals surface area contributed by atoms with Gasteiger partial charge in [0.25, 0.3) is 0 Å². The van der Waals surface area contributed by atoms with Crippen molar-refractivity contribution in [1.29, 1.82) is 0 Å². The molecule has 0 saturated carbocycles. The molecule has 0 spiro atoms. The Kier molecular flexibility index (Phi) is 3.52. The van der Waals surface area contributed by atoms with Gasteiger partial charge in [-0.2, -0.15) is 13.2 Å². The number of hydrogen-bond donors (Lipinski definition) is 1. The number of alkyl halides is 3. The Morgan fingerprint density at radius 3 is 2.25 bits per heavy atom. The summed E-state index contributed by atoms with van der Waals surface area (Å²) in [6.45, 7) is 4.83. The lowest BCUT2D eigenvalue weighted by atomic mass is 10.1. The highest BCUT2D eigenvalue weighted by atomic mass is 19.4. The number of ether oxygens (including phenoxy) is 1. The van der Waals surface area contributed by atoms with Crippen molar-refractivity contribution in [3.63, 3.8) is 0 Å². The molecule has 0 amide bonds. The molecular formula is C10H16F3NO2. The highest BCUT2D eigenvalue weighted by Crippen LogP contribution is 2.32. The predicted octanol–water partition coefficient (Wildman–Crippen LogP) is 1.87. The Bertz CT molecular complexity index is 270. The van der Waals surface area contributed by atoms with Gasteiger partial charge >= 0.3 is 12.1 Å². The first-order valence-electron chi connectivity index (χ1n) is 5.12. The van der Waals surface area contributed by atoms with E-state index >= 15 is 0 Å². The first kappa shape index (κ1) is 13.3. The van der Waals surface area contributed by atoms with Gasteiger partial charge in [-0.15, -0.1) is 0 Å². The van der Waals surface area contributed by atoms with Gasteiger partial charge in [-0.1, -0.05) is 0 Å². The summed E-state index contributed by atoms with van der Waals surface area (Å²) in [5.41, 5.74) is -0.672. The molecule has 0 bridgehead atoms. The number of hydrogen-bond acceptors (Lipinski definition) is 3. The third kappa shape index (κ3) is 3.66. The Labute approximate surface area is 92.3 Å². The lowest BCUT2D eigenvalue weighted by molar-refractivity contribution is -0.170. The maximum atomic E-state index is 12.3. The lowest BCUT2D eigenvalue weighted by Gasteiger charge is -2.22. The third-order valence-electron chi connectivity index (χ3n) is 2.29. The number of nitrogens with one attached hydrogen (secondary N) is 1. The van der Waals surface area contributed by atoms with Gasteiger partial charge in [0.05, 0.1) is 5.92 Å². The Morgan fingerprint density at radius 1 is 1.31 bits per heavy atom. The number of rotatable bonds is 1. The molecule has 2 unspecified atom stereocenters. The summed E-state index contributed by atoms with van der Waals surface area (Å²) in [5.74, 6) is -2.07. The van der Waals surface area contributed by atoms with E-state index < -0.39 is 29.7 Å². The van der Waals surface area contributed by atoms with Gasteiger partial charge in [0, 0.05) is 6.54 Å². The molecule has 0 aliphatic carbocycles. The molecule has 6 heteroatoms. The average molecular weight is 239 g/mol. The second kappa shape index (κ2) is 4.24. The number of esters is 1. The van der Waals surface area contributed by atoms with Crippen LogP contribution in [0.25, 0.3) is 0 Å². The minimum Gasteiger partial charge on any atom is -0.459 e. The highest BCUT2D eigenvalue weighted by molar-refractivity contribution is 5.76. The van der Waals surface area contributed by atoms with Crippen LogP contribution in [0.3, 0.4) is 0 Å². The molecule has 1 N–H and O–H groups in total. The van der Waals surface area contributed by atoms with Gasteiger partial charge in [0.1, 0.15) is 11.6 Å². The average Bonchev–Trinajstić information content (AvgIpc) is 2.46. The Balaban J connectivity index is 2.51. The molecule has 3 nitrogen and oxygen atoms in total. The van der Waals surface area contributed by atoms with Crippen LogP contribution in [0.4, 0.5) is 13.2 Å². The molecule has 0 aromatic rings. The fourth-order valence-electron chi connectivity index (χ4n) is 1.54. The van der Waals surface area contributed by atoms with Gasteiger partial charge in [-0.25, -0.2) is 0 Å². The molecule has 2 atom stereocenters. The zero-order valence-electron chi connectivity index (χ0n) is 9.52. The molecule has 1 aliphatic rings. The number of carbonyl (C=O) groups excluding carboxylic acids is 1. The summed E-state index contributed by atoms with van der Waals surface area (Å²) in [4.78, 5) is 11.5. The standard InChI is InChI=1S/C10H16F3NO2/c1-9(2,3)16-8(15)7-4-6(5-14-7)10(11,12)13/h6-7,14H,4-5H2,1-3H3. The van der Waals surface area contributed by atoms with E-state index in [0.29, 0.717) is 0 Å². The lowest BCUT2D eigenvalue weighted by Crippen LogP contribution is -2.37. The van der Waals surface area contributed by atoms with E-state index in [1.54, 1.807) is 20.8 Å². The normalized spacial score (nSPS) is 26.9.